The van der Waals surface area contributed by atoms with Crippen molar-refractivity contribution < 1.29 is 13.9 Å². The van der Waals surface area contributed by atoms with Crippen molar-refractivity contribution in [3.8, 4) is 11.4 Å². The zero-order valence-electron chi connectivity index (χ0n) is 13.6. The maximum absolute atomic E-state index is 12.8. The van der Waals surface area contributed by atoms with E-state index in [1.165, 1.54) is 24.3 Å². The number of hydrogen-bond acceptors (Lipinski definition) is 3. The van der Waals surface area contributed by atoms with Crippen LogP contribution in [0.4, 0.5) is 4.39 Å². The molecule has 0 aliphatic rings. The molecule has 0 saturated heterocycles. The van der Waals surface area contributed by atoms with Crippen molar-refractivity contribution in [2.75, 3.05) is 6.61 Å². The molecule has 1 aromatic heterocycles. The van der Waals surface area contributed by atoms with E-state index in [1.807, 2.05) is 36.5 Å². The van der Waals surface area contributed by atoms with E-state index in [0.29, 0.717) is 12.3 Å². The molecule has 0 aliphatic heterocycles. The number of benzene rings is 2. The molecule has 1 heterocycles. The minimum absolute atomic E-state index is 0.116. The van der Waals surface area contributed by atoms with E-state index in [0.717, 1.165) is 11.3 Å². The fourth-order valence-corrected chi connectivity index (χ4v) is 2.25. The van der Waals surface area contributed by atoms with E-state index >= 15 is 0 Å². The van der Waals surface area contributed by atoms with Crippen LogP contribution >= 0.6 is 0 Å². The minimum atomic E-state index is -0.318. The average molecular weight is 339 g/mol. The van der Waals surface area contributed by atoms with Crippen LogP contribution in [0.3, 0.4) is 0 Å². The third-order valence-corrected chi connectivity index (χ3v) is 3.56. The van der Waals surface area contributed by atoms with Gasteiger partial charge in [0.05, 0.1) is 24.9 Å². The quantitative estimate of drug-likeness (QED) is 0.720. The van der Waals surface area contributed by atoms with Gasteiger partial charge in [-0.3, -0.25) is 4.79 Å². The van der Waals surface area contributed by atoms with Crippen LogP contribution in [0.5, 0.6) is 5.75 Å². The number of carbonyl (C=O) groups excluding carboxylic acids is 1. The first kappa shape index (κ1) is 16.7. The third kappa shape index (κ3) is 4.91. The highest BCUT2D eigenvalue weighted by atomic mass is 19.1. The summed E-state index contributed by atoms with van der Waals surface area (Å²) >= 11 is 0. The highest BCUT2D eigenvalue weighted by Crippen LogP contribution is 2.11. The molecular formula is C19H18FN3O2. The summed E-state index contributed by atoms with van der Waals surface area (Å²) in [4.78, 5) is 11.9. The number of amides is 1. The Morgan fingerprint density at radius 2 is 1.88 bits per heavy atom. The topological polar surface area (TPSA) is 56.1 Å². The molecular weight excluding hydrogens is 321 g/mol. The van der Waals surface area contributed by atoms with Crippen LogP contribution in [-0.4, -0.2) is 22.3 Å². The molecule has 3 aromatic rings. The Morgan fingerprint density at radius 1 is 1.12 bits per heavy atom. The Bertz CT molecular complexity index is 816. The average Bonchev–Trinajstić information content (AvgIpc) is 3.11. The molecule has 1 N–H and O–H groups in total. The molecule has 3 rings (SSSR count). The summed E-state index contributed by atoms with van der Waals surface area (Å²) in [7, 11) is 0. The first-order chi connectivity index (χ1) is 12.2. The van der Waals surface area contributed by atoms with Gasteiger partial charge in [-0.2, -0.15) is 5.10 Å². The van der Waals surface area contributed by atoms with Gasteiger partial charge in [0, 0.05) is 18.3 Å². The van der Waals surface area contributed by atoms with Crippen molar-refractivity contribution in [1.82, 2.24) is 15.1 Å². The predicted molar refractivity (Wildman–Crippen MR) is 91.9 cm³/mol. The van der Waals surface area contributed by atoms with Gasteiger partial charge in [-0.15, -0.1) is 0 Å². The Balaban J connectivity index is 1.42. The summed E-state index contributed by atoms with van der Waals surface area (Å²) < 4.78 is 19.9. The lowest BCUT2D eigenvalue weighted by Crippen LogP contribution is -2.24. The van der Waals surface area contributed by atoms with Crippen LogP contribution in [-0.2, 0) is 11.3 Å². The van der Waals surface area contributed by atoms with Crippen molar-refractivity contribution >= 4 is 5.91 Å². The van der Waals surface area contributed by atoms with E-state index in [-0.39, 0.29) is 24.8 Å². The number of carbonyl (C=O) groups is 1. The zero-order chi connectivity index (χ0) is 17.5. The van der Waals surface area contributed by atoms with Crippen LogP contribution in [0.1, 0.15) is 12.0 Å². The maximum Gasteiger partial charge on any atom is 0.223 e. The highest BCUT2D eigenvalue weighted by Gasteiger charge is 2.05. The monoisotopic (exact) mass is 339 g/mol. The summed E-state index contributed by atoms with van der Waals surface area (Å²) in [6.07, 6.45) is 3.83. The number of aromatic nitrogens is 2. The fourth-order valence-electron chi connectivity index (χ4n) is 2.25. The summed E-state index contributed by atoms with van der Waals surface area (Å²) in [6, 6.07) is 15.5. The molecule has 0 bridgehead atoms. The summed E-state index contributed by atoms with van der Waals surface area (Å²) in [5, 5.41) is 7.11. The lowest BCUT2D eigenvalue weighted by molar-refractivity contribution is -0.121. The number of nitrogens with zero attached hydrogens (tertiary/aromatic N) is 2. The number of para-hydroxylation sites is 1. The standard InChI is InChI=1S/C19H18FN3O2/c20-16-6-8-18(9-7-16)25-11-10-19(24)21-12-15-13-22-23(14-15)17-4-2-1-3-5-17/h1-9,13-14H,10-12H2,(H,21,24). The number of nitrogens with one attached hydrogen (secondary N) is 1. The van der Waals surface area contributed by atoms with Crippen molar-refractivity contribution in [2.45, 2.75) is 13.0 Å². The number of ether oxygens (including phenoxy) is 1. The fraction of sp³-hybridized carbons (Fsp3) is 0.158. The van der Waals surface area contributed by atoms with Gasteiger partial charge in [-0.25, -0.2) is 9.07 Å². The number of rotatable bonds is 7. The molecule has 0 fully saturated rings. The van der Waals surface area contributed by atoms with Crippen LogP contribution in [0.25, 0.3) is 5.69 Å². The molecule has 0 spiro atoms. The molecule has 0 aliphatic carbocycles. The summed E-state index contributed by atoms with van der Waals surface area (Å²) in [5.41, 5.74) is 1.88. The molecule has 1 amide bonds. The van der Waals surface area contributed by atoms with Crippen molar-refractivity contribution in [3.63, 3.8) is 0 Å². The predicted octanol–water partition coefficient (Wildman–Crippen LogP) is 3.10. The van der Waals surface area contributed by atoms with Crippen LogP contribution in [0.2, 0.25) is 0 Å². The van der Waals surface area contributed by atoms with E-state index in [9.17, 15) is 9.18 Å². The van der Waals surface area contributed by atoms with Crippen molar-refractivity contribution in [3.05, 3.63) is 78.4 Å². The first-order valence-electron chi connectivity index (χ1n) is 7.95. The summed E-state index contributed by atoms with van der Waals surface area (Å²) in [6.45, 7) is 0.642. The molecule has 6 heteroatoms. The minimum Gasteiger partial charge on any atom is -0.493 e. The van der Waals surface area contributed by atoms with Crippen LogP contribution in [0, 0.1) is 5.82 Å². The van der Waals surface area contributed by atoms with E-state index in [1.54, 1.807) is 10.9 Å². The van der Waals surface area contributed by atoms with Crippen LogP contribution < -0.4 is 10.1 Å². The van der Waals surface area contributed by atoms with Gasteiger partial charge in [-0.05, 0) is 36.4 Å². The van der Waals surface area contributed by atoms with Gasteiger partial charge < -0.3 is 10.1 Å². The summed E-state index contributed by atoms with van der Waals surface area (Å²) in [5.74, 6) is 0.106. The maximum atomic E-state index is 12.8. The lowest BCUT2D eigenvalue weighted by Gasteiger charge is -2.06. The van der Waals surface area contributed by atoms with Gasteiger partial charge >= 0.3 is 0 Å². The van der Waals surface area contributed by atoms with Crippen molar-refractivity contribution in [1.29, 1.82) is 0 Å². The van der Waals surface area contributed by atoms with Gasteiger partial charge in [0.1, 0.15) is 11.6 Å². The second-order valence-electron chi connectivity index (χ2n) is 5.46. The van der Waals surface area contributed by atoms with E-state index in [4.69, 9.17) is 4.74 Å². The second kappa shape index (κ2) is 8.10. The van der Waals surface area contributed by atoms with E-state index in [2.05, 4.69) is 10.4 Å². The van der Waals surface area contributed by atoms with Gasteiger partial charge in [0.2, 0.25) is 5.91 Å². The molecule has 0 radical (unpaired) electrons. The molecule has 128 valence electrons. The molecule has 0 atom stereocenters. The number of hydrogen-bond donors (Lipinski definition) is 1. The van der Waals surface area contributed by atoms with E-state index < -0.39 is 0 Å². The van der Waals surface area contributed by atoms with Gasteiger partial charge in [0.25, 0.3) is 0 Å². The number of halogens is 1. The first-order valence-corrected chi connectivity index (χ1v) is 7.95. The molecule has 2 aromatic carbocycles. The van der Waals surface area contributed by atoms with Crippen molar-refractivity contribution in [2.24, 2.45) is 0 Å². The molecule has 0 unspecified atom stereocenters. The largest absolute Gasteiger partial charge is 0.493 e. The Labute approximate surface area is 145 Å². The SMILES string of the molecule is O=C(CCOc1ccc(F)cc1)NCc1cnn(-c2ccccc2)c1. The molecule has 5 nitrogen and oxygen atoms in total. The van der Waals surface area contributed by atoms with Crippen LogP contribution in [0.15, 0.2) is 67.0 Å². The molecule has 0 saturated carbocycles. The second-order valence-corrected chi connectivity index (χ2v) is 5.46. The Hall–Kier alpha value is -3.15. The Morgan fingerprint density at radius 3 is 2.64 bits per heavy atom. The third-order valence-electron chi connectivity index (χ3n) is 3.56. The van der Waals surface area contributed by atoms with Gasteiger partial charge in [-0.1, -0.05) is 18.2 Å². The van der Waals surface area contributed by atoms with Gasteiger partial charge in [0.15, 0.2) is 0 Å². The lowest BCUT2D eigenvalue weighted by atomic mass is 10.3. The Kier molecular flexibility index (Phi) is 5.41. The molecule has 25 heavy (non-hydrogen) atoms. The normalized spacial score (nSPS) is 10.4. The highest BCUT2D eigenvalue weighted by molar-refractivity contribution is 5.75. The zero-order valence-corrected chi connectivity index (χ0v) is 13.6. The smallest absolute Gasteiger partial charge is 0.223 e.